The highest BCUT2D eigenvalue weighted by Crippen LogP contribution is 2.43. The van der Waals surface area contributed by atoms with E-state index in [-0.39, 0.29) is 25.9 Å². The minimum atomic E-state index is -4.77. The number of hydrogen-bond donors (Lipinski definition) is 2. The third-order valence-electron chi connectivity index (χ3n) is 13.6. The van der Waals surface area contributed by atoms with Crippen molar-refractivity contribution in [2.45, 2.75) is 303 Å². The fourth-order valence-electron chi connectivity index (χ4n) is 8.84. The van der Waals surface area contributed by atoms with Gasteiger partial charge in [-0.15, -0.1) is 0 Å². The van der Waals surface area contributed by atoms with Crippen molar-refractivity contribution >= 4 is 25.7 Å². The van der Waals surface area contributed by atoms with Gasteiger partial charge in [0.2, 0.25) is 0 Å². The normalized spacial score (nSPS) is 13.8. The fraction of sp³-hybridized carbons (Fsp3) is 0.773. The highest BCUT2D eigenvalue weighted by Gasteiger charge is 2.28. The summed E-state index contributed by atoms with van der Waals surface area (Å²) in [5.74, 6) is -1.61. The summed E-state index contributed by atoms with van der Waals surface area (Å²) in [7, 11) is -4.77. The number of carbonyl (C=O) groups excluding carboxylic acids is 3. The van der Waals surface area contributed by atoms with Crippen LogP contribution in [-0.4, -0.2) is 66.5 Å². The highest BCUT2D eigenvalue weighted by atomic mass is 31.2. The molecule has 0 spiro atoms. The van der Waals surface area contributed by atoms with Gasteiger partial charge in [-0.3, -0.25) is 23.4 Å². The van der Waals surface area contributed by atoms with Gasteiger partial charge >= 0.3 is 25.7 Å². The molecular weight excluding hydrogens is 1000 g/mol. The quantitative estimate of drug-likeness (QED) is 0.0197. The van der Waals surface area contributed by atoms with Crippen molar-refractivity contribution in [3.8, 4) is 0 Å². The van der Waals surface area contributed by atoms with Crippen molar-refractivity contribution in [1.82, 2.24) is 0 Å². The van der Waals surface area contributed by atoms with Crippen LogP contribution < -0.4 is 0 Å². The number of carbonyl (C=O) groups is 3. The van der Waals surface area contributed by atoms with Gasteiger partial charge in [0.25, 0.3) is 0 Å². The lowest BCUT2D eigenvalue weighted by molar-refractivity contribution is -0.161. The maximum atomic E-state index is 12.9. The molecule has 0 saturated carbocycles. The topological polar surface area (TPSA) is 155 Å². The Kier molecular flexibility index (Phi) is 57.7. The van der Waals surface area contributed by atoms with Crippen LogP contribution in [0.15, 0.2) is 72.9 Å². The molecule has 11 nitrogen and oxygen atoms in total. The molecule has 3 unspecified atom stereocenters. The maximum Gasteiger partial charge on any atom is 0.472 e. The van der Waals surface area contributed by atoms with Crippen LogP contribution in [0.2, 0.25) is 0 Å². The van der Waals surface area contributed by atoms with Gasteiger partial charge in [0.05, 0.1) is 26.2 Å². The summed E-state index contributed by atoms with van der Waals surface area (Å²) in [6, 6.07) is 0. The Labute approximate surface area is 478 Å². The Hall–Kier alpha value is -3.08. The maximum absolute atomic E-state index is 12.9. The van der Waals surface area contributed by atoms with Crippen LogP contribution in [-0.2, 0) is 42.2 Å². The molecular formula is C66H117O11P. The first-order valence-corrected chi connectivity index (χ1v) is 33.3. The average Bonchev–Trinajstić information content (AvgIpc) is 3.43. The molecule has 0 aliphatic rings. The molecule has 0 saturated heterocycles. The van der Waals surface area contributed by atoms with Crippen molar-refractivity contribution in [3.63, 3.8) is 0 Å². The number of phosphoric ester groups is 1. The van der Waals surface area contributed by atoms with E-state index in [9.17, 15) is 28.9 Å². The van der Waals surface area contributed by atoms with Gasteiger partial charge in [0.15, 0.2) is 6.10 Å². The van der Waals surface area contributed by atoms with Gasteiger partial charge in [-0.1, -0.05) is 273 Å². The summed E-state index contributed by atoms with van der Waals surface area (Å²) in [5.41, 5.74) is 0. The molecule has 0 aliphatic carbocycles. The number of hydrogen-bond acceptors (Lipinski definition) is 10. The van der Waals surface area contributed by atoms with Gasteiger partial charge in [-0.2, -0.15) is 0 Å². The minimum absolute atomic E-state index is 0.00500. The lowest BCUT2D eigenvalue weighted by atomic mass is 10.0. The van der Waals surface area contributed by atoms with E-state index in [1.165, 1.54) is 161 Å². The van der Waals surface area contributed by atoms with Gasteiger partial charge in [-0.25, -0.2) is 4.57 Å². The van der Waals surface area contributed by atoms with Crippen molar-refractivity contribution in [2.24, 2.45) is 0 Å². The second-order valence-corrected chi connectivity index (χ2v) is 22.7. The van der Waals surface area contributed by atoms with Gasteiger partial charge in [-0.05, 0) is 70.6 Å². The number of aliphatic hydroxyl groups is 1. The van der Waals surface area contributed by atoms with Crippen LogP contribution in [0.5, 0.6) is 0 Å². The van der Waals surface area contributed by atoms with E-state index in [4.69, 9.17) is 23.3 Å². The molecule has 2 N–H and O–H groups in total. The van der Waals surface area contributed by atoms with Gasteiger partial charge in [0.1, 0.15) is 12.7 Å². The van der Waals surface area contributed by atoms with Crippen LogP contribution in [0, 0.1) is 0 Å². The largest absolute Gasteiger partial charge is 0.472 e. The zero-order valence-electron chi connectivity index (χ0n) is 50.1. The third kappa shape index (κ3) is 57.6. The monoisotopic (exact) mass is 1120 g/mol. The van der Waals surface area contributed by atoms with Crippen LogP contribution in [0.3, 0.4) is 0 Å². The van der Waals surface area contributed by atoms with E-state index in [1.807, 2.05) is 12.2 Å². The number of ether oxygens (including phenoxy) is 3. The molecule has 0 radical (unpaired) electrons. The second kappa shape index (κ2) is 60.0. The predicted octanol–water partition coefficient (Wildman–Crippen LogP) is 19.3. The van der Waals surface area contributed by atoms with E-state index < -0.39 is 57.8 Å². The van der Waals surface area contributed by atoms with E-state index in [2.05, 4.69) is 75.5 Å². The van der Waals surface area contributed by atoms with Crippen LogP contribution in [0.4, 0.5) is 0 Å². The third-order valence-corrected chi connectivity index (χ3v) is 14.6. The molecule has 0 aromatic heterocycles. The zero-order chi connectivity index (χ0) is 56.9. The molecule has 0 aliphatic heterocycles. The van der Waals surface area contributed by atoms with Gasteiger partial charge in [0, 0.05) is 12.8 Å². The van der Waals surface area contributed by atoms with E-state index in [0.717, 1.165) is 70.6 Å². The summed E-state index contributed by atoms with van der Waals surface area (Å²) in [6.45, 7) is 4.46. The first-order valence-electron chi connectivity index (χ1n) is 31.8. The number of rotatable bonds is 59. The number of phosphoric acid groups is 1. The standard InChI is InChI=1S/C66H117O11P/c1-4-7-10-13-16-19-22-25-28-30-31-33-36-39-42-45-48-51-54-57-66(70)77-63(59-73-64(68)55-52-49-46-43-40-37-34-27-24-21-18-15-12-9-6-3)61-75-78(71,72)74-60-62(58-67)76-65(69)56-53-50-47-44-41-38-35-32-29-26-23-20-17-14-11-8-5-2/h9,12,18,21,26-27,29,34,40,43,49,52,62-63,67H,4-8,10-11,13-17,19-20,22-25,28,30-33,35-39,41-42,44-48,50-51,53-61H2,1-3H3,(H,71,72)/b12-9-,21-18-,29-26-,34-27-,43-40-,52-49-. The smallest absolute Gasteiger partial charge is 0.461 e. The number of unbranched alkanes of at least 4 members (excludes halogenated alkanes) is 31. The Morgan fingerprint density at radius 2 is 0.705 bits per heavy atom. The summed E-state index contributed by atoms with van der Waals surface area (Å²) < 4.78 is 39.5. The minimum Gasteiger partial charge on any atom is -0.461 e. The van der Waals surface area contributed by atoms with Crippen LogP contribution in [0.1, 0.15) is 290 Å². The lowest BCUT2D eigenvalue weighted by Crippen LogP contribution is -2.30. The highest BCUT2D eigenvalue weighted by molar-refractivity contribution is 7.47. The molecule has 0 aromatic carbocycles. The van der Waals surface area contributed by atoms with Crippen LogP contribution in [0.25, 0.3) is 0 Å². The number of allylic oxidation sites excluding steroid dienone is 11. The van der Waals surface area contributed by atoms with Crippen molar-refractivity contribution in [3.05, 3.63) is 72.9 Å². The molecule has 0 rings (SSSR count). The molecule has 0 amide bonds. The fourth-order valence-corrected chi connectivity index (χ4v) is 9.62. The Bertz CT molecular complexity index is 1590. The molecule has 3 atom stereocenters. The van der Waals surface area contributed by atoms with E-state index >= 15 is 0 Å². The molecule has 0 aromatic rings. The Balaban J connectivity index is 4.74. The zero-order valence-corrected chi connectivity index (χ0v) is 51.0. The van der Waals surface area contributed by atoms with E-state index in [0.29, 0.717) is 19.3 Å². The van der Waals surface area contributed by atoms with Crippen molar-refractivity contribution < 1.29 is 52.2 Å². The summed E-state index contributed by atoms with van der Waals surface area (Å²) in [4.78, 5) is 48.6. The number of aliphatic hydroxyl groups excluding tert-OH is 1. The molecule has 0 bridgehead atoms. The molecule has 0 fully saturated rings. The average molecular weight is 1120 g/mol. The van der Waals surface area contributed by atoms with Crippen molar-refractivity contribution in [1.29, 1.82) is 0 Å². The van der Waals surface area contributed by atoms with E-state index in [1.54, 1.807) is 6.08 Å². The molecule has 78 heavy (non-hydrogen) atoms. The summed E-state index contributed by atoms with van der Waals surface area (Å²) >= 11 is 0. The SMILES string of the molecule is CC/C=C\C/C=C\C/C=C\C/C=C\C/C=C\CC(=O)OCC(COP(=O)(O)OCC(CO)OC(=O)CCCCCCCCC/C=C\CCCCCCCC)OC(=O)CCCCCCCCCCCCCCCCCCCCC. The first kappa shape index (κ1) is 74.9. The molecule has 452 valence electrons. The Morgan fingerprint density at radius 3 is 1.08 bits per heavy atom. The molecule has 12 heteroatoms. The van der Waals surface area contributed by atoms with Crippen molar-refractivity contribution in [2.75, 3.05) is 26.4 Å². The van der Waals surface area contributed by atoms with Gasteiger partial charge < -0.3 is 24.2 Å². The molecule has 0 heterocycles. The first-order chi connectivity index (χ1) is 38.2. The lowest BCUT2D eigenvalue weighted by Gasteiger charge is -2.21. The Morgan fingerprint density at radius 1 is 0.385 bits per heavy atom. The summed E-state index contributed by atoms with van der Waals surface area (Å²) in [5, 5.41) is 9.85. The second-order valence-electron chi connectivity index (χ2n) is 21.2. The summed E-state index contributed by atoms with van der Waals surface area (Å²) in [6.07, 6.45) is 68.9. The van der Waals surface area contributed by atoms with Crippen LogP contribution >= 0.6 is 7.82 Å². The number of esters is 3. The predicted molar refractivity (Wildman–Crippen MR) is 325 cm³/mol.